The highest BCUT2D eigenvalue weighted by Gasteiger charge is 2.20. The highest BCUT2D eigenvalue weighted by Crippen LogP contribution is 2.26. The number of para-hydroxylation sites is 1. The Balaban J connectivity index is 2.26. The first-order valence-electron chi connectivity index (χ1n) is 7.61. The maximum atomic E-state index is 12.4. The summed E-state index contributed by atoms with van der Waals surface area (Å²) >= 11 is 0. The van der Waals surface area contributed by atoms with Crippen molar-refractivity contribution in [2.75, 3.05) is 21.3 Å². The third-order valence-corrected chi connectivity index (χ3v) is 3.31. The van der Waals surface area contributed by atoms with E-state index in [0.717, 1.165) is 0 Å². The molecule has 0 fully saturated rings. The first-order chi connectivity index (χ1) is 12.5. The Labute approximate surface area is 150 Å². The highest BCUT2D eigenvalue weighted by atomic mass is 16.5. The van der Waals surface area contributed by atoms with E-state index < -0.39 is 17.9 Å². The monoisotopic (exact) mass is 361 g/mol. The average Bonchev–Trinajstić information content (AvgIpc) is 2.67. The second-order valence-corrected chi connectivity index (χ2v) is 5.05. The van der Waals surface area contributed by atoms with E-state index in [0.29, 0.717) is 0 Å². The molecule has 1 N–H and O–H groups in total. The lowest BCUT2D eigenvalue weighted by Gasteiger charge is -2.14. The molecule has 0 saturated carbocycles. The lowest BCUT2D eigenvalue weighted by molar-refractivity contribution is -0.142. The summed E-state index contributed by atoms with van der Waals surface area (Å²) in [6.45, 7) is 1.52. The van der Waals surface area contributed by atoms with Crippen LogP contribution in [0.3, 0.4) is 0 Å². The van der Waals surface area contributed by atoms with Gasteiger partial charge in [-0.25, -0.2) is 4.79 Å². The van der Waals surface area contributed by atoms with Gasteiger partial charge >= 0.3 is 12.0 Å². The third-order valence-electron chi connectivity index (χ3n) is 3.31. The van der Waals surface area contributed by atoms with Gasteiger partial charge in [0.25, 0.3) is 5.91 Å². The predicted molar refractivity (Wildman–Crippen MR) is 90.6 cm³/mol. The molecule has 0 aliphatic rings. The topological polar surface area (TPSA) is 109 Å². The molecule has 0 spiro atoms. The molecule has 9 heteroatoms. The van der Waals surface area contributed by atoms with E-state index >= 15 is 0 Å². The fourth-order valence-electron chi connectivity index (χ4n) is 1.99. The third kappa shape index (κ3) is 4.59. The Morgan fingerprint density at radius 2 is 1.65 bits per heavy atom. The first kappa shape index (κ1) is 19.0. The maximum absolute atomic E-state index is 12.4. The van der Waals surface area contributed by atoms with Gasteiger partial charge in [0.15, 0.2) is 0 Å². The van der Waals surface area contributed by atoms with Gasteiger partial charge in [-0.3, -0.25) is 4.79 Å². The minimum absolute atomic E-state index is 0.0533. The van der Waals surface area contributed by atoms with Crippen LogP contribution in [-0.2, 0) is 9.53 Å². The summed E-state index contributed by atoms with van der Waals surface area (Å²) < 4.78 is 20.3. The molecule has 0 bridgehead atoms. The highest BCUT2D eigenvalue weighted by molar-refractivity contribution is 5.99. The number of methoxy groups -OCH3 is 3. The predicted octanol–water partition coefficient (Wildman–Crippen LogP) is 1.58. The number of rotatable bonds is 7. The number of benzene rings is 1. The van der Waals surface area contributed by atoms with Gasteiger partial charge in [0, 0.05) is 0 Å². The van der Waals surface area contributed by atoms with Gasteiger partial charge in [-0.1, -0.05) is 12.1 Å². The molecule has 138 valence electrons. The van der Waals surface area contributed by atoms with E-state index in [1.54, 1.807) is 24.3 Å². The van der Waals surface area contributed by atoms with Crippen molar-refractivity contribution in [1.29, 1.82) is 0 Å². The Morgan fingerprint density at radius 1 is 1.04 bits per heavy atom. The van der Waals surface area contributed by atoms with Crippen molar-refractivity contribution >= 4 is 11.9 Å². The summed E-state index contributed by atoms with van der Waals surface area (Å²) in [5, 5.41) is 2.53. The van der Waals surface area contributed by atoms with Gasteiger partial charge in [0.1, 0.15) is 11.8 Å². The number of aromatic nitrogens is 2. The zero-order valence-corrected chi connectivity index (χ0v) is 14.8. The van der Waals surface area contributed by atoms with Gasteiger partial charge in [-0.15, -0.1) is 0 Å². The Morgan fingerprint density at radius 3 is 2.23 bits per heavy atom. The van der Waals surface area contributed by atoms with Crippen molar-refractivity contribution in [3.8, 4) is 23.5 Å². The minimum atomic E-state index is -0.811. The molecule has 0 radical (unpaired) electrons. The van der Waals surface area contributed by atoms with Crippen LogP contribution in [0.1, 0.15) is 17.3 Å². The summed E-state index contributed by atoms with van der Waals surface area (Å²) in [6.07, 6.45) is 0. The zero-order valence-electron chi connectivity index (χ0n) is 14.8. The van der Waals surface area contributed by atoms with E-state index in [2.05, 4.69) is 20.0 Å². The van der Waals surface area contributed by atoms with Crippen LogP contribution >= 0.6 is 0 Å². The molecule has 0 aliphatic carbocycles. The molecule has 26 heavy (non-hydrogen) atoms. The lowest BCUT2D eigenvalue weighted by atomic mass is 10.1. The van der Waals surface area contributed by atoms with Crippen LogP contribution in [0.4, 0.5) is 0 Å². The smallest absolute Gasteiger partial charge is 0.328 e. The normalized spacial score (nSPS) is 11.2. The van der Waals surface area contributed by atoms with Crippen molar-refractivity contribution in [2.24, 2.45) is 0 Å². The zero-order chi connectivity index (χ0) is 19.1. The van der Waals surface area contributed by atoms with Crippen LogP contribution in [0.2, 0.25) is 0 Å². The van der Waals surface area contributed by atoms with Crippen LogP contribution in [-0.4, -0.2) is 49.2 Å². The molecule has 1 atom stereocenters. The van der Waals surface area contributed by atoms with Gasteiger partial charge in [-0.05, 0) is 19.1 Å². The molecule has 2 rings (SSSR count). The van der Waals surface area contributed by atoms with Crippen molar-refractivity contribution in [2.45, 2.75) is 13.0 Å². The number of hydrogen-bond donors (Lipinski definition) is 1. The van der Waals surface area contributed by atoms with Gasteiger partial charge in [0.2, 0.25) is 11.8 Å². The molecular formula is C17H19N3O6. The second kappa shape index (κ2) is 8.65. The number of ether oxygens (including phenoxy) is 4. The average molecular weight is 361 g/mol. The summed E-state index contributed by atoms with van der Waals surface area (Å²) in [4.78, 5) is 32.0. The molecule has 1 aromatic carbocycles. The molecule has 1 aromatic heterocycles. The van der Waals surface area contributed by atoms with Gasteiger partial charge in [-0.2, -0.15) is 9.97 Å². The number of carbonyl (C=O) groups is 2. The largest absolute Gasteiger partial charge is 0.481 e. The maximum Gasteiger partial charge on any atom is 0.328 e. The minimum Gasteiger partial charge on any atom is -0.481 e. The Hall–Kier alpha value is -3.36. The molecule has 0 saturated heterocycles. The molecule has 0 unspecified atom stereocenters. The molecule has 1 amide bonds. The van der Waals surface area contributed by atoms with Crippen molar-refractivity contribution in [1.82, 2.24) is 15.3 Å². The van der Waals surface area contributed by atoms with Crippen LogP contribution in [0.5, 0.6) is 23.5 Å². The number of amides is 1. The standard InChI is InChI=1S/C17H19N3O6/c1-10(16(22)25-4)18-15(21)11-7-5-6-8-12(11)26-17-19-13(23-2)9-14(20-17)24-3/h5-10H,1-4H3,(H,18,21)/t10-/m0/s1. The number of esters is 1. The molecule has 1 heterocycles. The number of nitrogens with zero attached hydrogens (tertiary/aromatic N) is 2. The van der Waals surface area contributed by atoms with Crippen molar-refractivity contribution < 1.29 is 28.5 Å². The lowest BCUT2D eigenvalue weighted by Crippen LogP contribution is -2.39. The fourth-order valence-corrected chi connectivity index (χ4v) is 1.99. The van der Waals surface area contributed by atoms with Gasteiger partial charge < -0.3 is 24.3 Å². The summed E-state index contributed by atoms with van der Waals surface area (Å²) in [5.74, 6) is -0.371. The van der Waals surface area contributed by atoms with E-state index in [-0.39, 0.29) is 29.1 Å². The van der Waals surface area contributed by atoms with E-state index in [9.17, 15) is 9.59 Å². The van der Waals surface area contributed by atoms with E-state index in [1.807, 2.05) is 0 Å². The quantitative estimate of drug-likeness (QED) is 0.740. The second-order valence-electron chi connectivity index (χ2n) is 5.05. The summed E-state index contributed by atoms with van der Waals surface area (Å²) in [6, 6.07) is 7.10. The Kier molecular flexibility index (Phi) is 6.31. The van der Waals surface area contributed by atoms with Crippen molar-refractivity contribution in [3.63, 3.8) is 0 Å². The molecular weight excluding hydrogens is 342 g/mol. The molecule has 9 nitrogen and oxygen atoms in total. The molecule has 0 aliphatic heterocycles. The van der Waals surface area contributed by atoms with Crippen LogP contribution < -0.4 is 19.5 Å². The van der Waals surface area contributed by atoms with Crippen molar-refractivity contribution in [3.05, 3.63) is 35.9 Å². The van der Waals surface area contributed by atoms with E-state index in [1.165, 1.54) is 34.3 Å². The van der Waals surface area contributed by atoms with Crippen LogP contribution in [0, 0.1) is 0 Å². The first-order valence-corrected chi connectivity index (χ1v) is 7.61. The molecule has 2 aromatic rings. The number of nitrogens with one attached hydrogen (secondary N) is 1. The van der Waals surface area contributed by atoms with Crippen LogP contribution in [0.15, 0.2) is 30.3 Å². The summed E-state index contributed by atoms with van der Waals surface area (Å²) in [5.41, 5.74) is 0.202. The fraction of sp³-hybridized carbons (Fsp3) is 0.294. The number of hydrogen-bond acceptors (Lipinski definition) is 8. The van der Waals surface area contributed by atoms with Gasteiger partial charge in [0.05, 0.1) is 33.0 Å². The Bertz CT molecular complexity index is 774. The SMILES string of the molecule is COC(=O)[C@H](C)NC(=O)c1ccccc1Oc1nc(OC)cc(OC)n1. The van der Waals surface area contributed by atoms with E-state index in [4.69, 9.17) is 14.2 Å². The summed E-state index contributed by atoms with van der Waals surface area (Å²) in [7, 11) is 4.14. The number of carbonyl (C=O) groups excluding carboxylic acids is 2. The van der Waals surface area contributed by atoms with Crippen LogP contribution in [0.25, 0.3) is 0 Å².